The number of carbonyl (C=O) groups is 1. The molecule has 1 aromatic heterocycles. The monoisotopic (exact) mass is 260 g/mol. The lowest BCUT2D eigenvalue weighted by molar-refractivity contribution is 0.0686. The first kappa shape index (κ1) is 10.9. The van der Waals surface area contributed by atoms with Crippen LogP contribution in [0.1, 0.15) is 24.3 Å². The van der Waals surface area contributed by atoms with E-state index >= 15 is 0 Å². The Morgan fingerprint density at radius 1 is 1.64 bits per heavy atom. The van der Waals surface area contributed by atoms with Crippen LogP contribution < -0.4 is 4.74 Å². The maximum atomic E-state index is 10.7. The lowest BCUT2D eigenvalue weighted by Gasteiger charge is -2.07. The molecular formula is C8H9BrN2O3. The lowest BCUT2D eigenvalue weighted by atomic mass is 10.4. The quantitative estimate of drug-likeness (QED) is 0.896. The van der Waals surface area contributed by atoms with Gasteiger partial charge in [0.05, 0.1) is 10.6 Å². The molecule has 0 saturated carbocycles. The molecule has 0 aromatic carbocycles. The number of hydrogen-bond acceptors (Lipinski definition) is 4. The Kier molecular flexibility index (Phi) is 3.40. The number of aromatic nitrogens is 2. The number of hydrogen-bond donors (Lipinski definition) is 1. The predicted molar refractivity (Wildman–Crippen MR) is 52.5 cm³/mol. The van der Waals surface area contributed by atoms with Gasteiger partial charge in [-0.3, -0.25) is 0 Å². The van der Waals surface area contributed by atoms with Crippen LogP contribution in [0.15, 0.2) is 10.7 Å². The van der Waals surface area contributed by atoms with Crippen molar-refractivity contribution in [3.05, 3.63) is 16.4 Å². The van der Waals surface area contributed by atoms with Gasteiger partial charge in [-0.2, -0.15) is 4.98 Å². The summed E-state index contributed by atoms with van der Waals surface area (Å²) in [5.41, 5.74) is -0.101. The van der Waals surface area contributed by atoms with Crippen LogP contribution in [0.4, 0.5) is 0 Å². The standard InChI is InChI=1S/C8H9BrN2O3/c1-4(2)14-8-10-3-5(9)6(11-8)7(12)13/h3-4H,1-2H3,(H,12,13). The maximum Gasteiger partial charge on any atom is 0.355 e. The van der Waals surface area contributed by atoms with E-state index in [-0.39, 0.29) is 17.8 Å². The number of carboxylic acids is 1. The van der Waals surface area contributed by atoms with Crippen LogP contribution in [-0.4, -0.2) is 27.1 Å². The van der Waals surface area contributed by atoms with Crippen molar-refractivity contribution in [1.29, 1.82) is 0 Å². The minimum absolute atomic E-state index is 0.0700. The van der Waals surface area contributed by atoms with Gasteiger partial charge < -0.3 is 9.84 Å². The summed E-state index contributed by atoms with van der Waals surface area (Å²) in [5, 5.41) is 8.75. The first-order valence-corrected chi connectivity index (χ1v) is 4.72. The third-order valence-corrected chi connectivity index (χ3v) is 1.85. The molecule has 0 amide bonds. The minimum atomic E-state index is -1.12. The smallest absolute Gasteiger partial charge is 0.355 e. The summed E-state index contributed by atoms with van der Waals surface area (Å²) < 4.78 is 5.49. The Hall–Kier alpha value is -1.17. The fourth-order valence-corrected chi connectivity index (χ4v) is 1.13. The molecule has 1 heterocycles. The van der Waals surface area contributed by atoms with Crippen molar-refractivity contribution < 1.29 is 14.6 Å². The lowest BCUT2D eigenvalue weighted by Crippen LogP contribution is -2.11. The molecule has 1 rings (SSSR count). The normalized spacial score (nSPS) is 10.3. The number of carboxylic acid groups (broad SMARTS) is 1. The van der Waals surface area contributed by atoms with E-state index in [9.17, 15) is 4.79 Å². The van der Waals surface area contributed by atoms with E-state index in [0.29, 0.717) is 4.47 Å². The second kappa shape index (κ2) is 4.36. The van der Waals surface area contributed by atoms with Crippen molar-refractivity contribution in [3.63, 3.8) is 0 Å². The molecule has 0 aliphatic rings. The SMILES string of the molecule is CC(C)Oc1ncc(Br)c(C(=O)O)n1. The first-order chi connectivity index (χ1) is 6.50. The molecule has 0 unspecified atom stereocenters. The van der Waals surface area contributed by atoms with Gasteiger partial charge in [0.25, 0.3) is 0 Å². The number of rotatable bonds is 3. The summed E-state index contributed by atoms with van der Waals surface area (Å²) in [4.78, 5) is 18.2. The maximum absolute atomic E-state index is 10.7. The van der Waals surface area contributed by atoms with Crippen LogP contribution in [0.5, 0.6) is 6.01 Å². The van der Waals surface area contributed by atoms with E-state index in [1.54, 1.807) is 0 Å². The van der Waals surface area contributed by atoms with Crippen molar-refractivity contribution in [3.8, 4) is 6.01 Å². The second-order valence-corrected chi connectivity index (χ2v) is 3.68. The van der Waals surface area contributed by atoms with Gasteiger partial charge in [0.1, 0.15) is 0 Å². The summed E-state index contributed by atoms with van der Waals surface area (Å²) in [6.07, 6.45) is 1.27. The van der Waals surface area contributed by atoms with Gasteiger partial charge >= 0.3 is 12.0 Å². The van der Waals surface area contributed by atoms with E-state index < -0.39 is 5.97 Å². The first-order valence-electron chi connectivity index (χ1n) is 3.93. The van der Waals surface area contributed by atoms with Gasteiger partial charge in [-0.25, -0.2) is 9.78 Å². The number of ether oxygens (including phenoxy) is 1. The molecule has 0 spiro atoms. The van der Waals surface area contributed by atoms with Gasteiger partial charge in [0.2, 0.25) is 0 Å². The molecular weight excluding hydrogens is 252 g/mol. The summed E-state index contributed by atoms with van der Waals surface area (Å²) in [5.74, 6) is -1.12. The fraction of sp³-hybridized carbons (Fsp3) is 0.375. The number of aromatic carboxylic acids is 1. The summed E-state index contributed by atoms with van der Waals surface area (Å²) in [6, 6.07) is 0.0700. The Morgan fingerprint density at radius 3 is 2.79 bits per heavy atom. The molecule has 0 radical (unpaired) electrons. The summed E-state index contributed by atoms with van der Waals surface area (Å²) in [6.45, 7) is 3.62. The highest BCUT2D eigenvalue weighted by molar-refractivity contribution is 9.10. The van der Waals surface area contributed by atoms with E-state index in [4.69, 9.17) is 9.84 Å². The van der Waals surface area contributed by atoms with E-state index in [1.165, 1.54) is 6.20 Å². The highest BCUT2D eigenvalue weighted by Gasteiger charge is 2.13. The van der Waals surface area contributed by atoms with Crippen LogP contribution >= 0.6 is 15.9 Å². The Labute approximate surface area is 89.3 Å². The summed E-state index contributed by atoms with van der Waals surface area (Å²) in [7, 11) is 0. The van der Waals surface area contributed by atoms with Crippen molar-refractivity contribution in [2.24, 2.45) is 0 Å². The molecule has 0 fully saturated rings. The zero-order valence-corrected chi connectivity index (χ0v) is 9.28. The van der Waals surface area contributed by atoms with Crippen LogP contribution in [0, 0.1) is 0 Å². The Balaban J connectivity index is 3.00. The van der Waals surface area contributed by atoms with E-state index in [0.717, 1.165) is 0 Å². The number of nitrogens with zero attached hydrogens (tertiary/aromatic N) is 2. The van der Waals surface area contributed by atoms with E-state index in [1.807, 2.05) is 13.8 Å². The molecule has 1 N–H and O–H groups in total. The van der Waals surface area contributed by atoms with Crippen molar-refractivity contribution in [2.75, 3.05) is 0 Å². The molecule has 76 valence electrons. The molecule has 0 aliphatic heterocycles. The topological polar surface area (TPSA) is 72.3 Å². The average Bonchev–Trinajstić information content (AvgIpc) is 2.07. The zero-order valence-electron chi connectivity index (χ0n) is 7.69. The molecule has 0 atom stereocenters. The highest BCUT2D eigenvalue weighted by atomic mass is 79.9. The van der Waals surface area contributed by atoms with Gasteiger partial charge in [-0.1, -0.05) is 0 Å². The zero-order chi connectivity index (χ0) is 10.7. The molecule has 6 heteroatoms. The Bertz CT molecular complexity index is 354. The van der Waals surface area contributed by atoms with Crippen molar-refractivity contribution in [2.45, 2.75) is 20.0 Å². The van der Waals surface area contributed by atoms with Gasteiger partial charge in [-0.05, 0) is 29.8 Å². The second-order valence-electron chi connectivity index (χ2n) is 2.82. The molecule has 0 saturated heterocycles. The molecule has 0 aliphatic carbocycles. The Morgan fingerprint density at radius 2 is 2.29 bits per heavy atom. The van der Waals surface area contributed by atoms with Crippen LogP contribution in [0.25, 0.3) is 0 Å². The molecule has 0 bridgehead atoms. The van der Waals surface area contributed by atoms with E-state index in [2.05, 4.69) is 25.9 Å². The fourth-order valence-electron chi connectivity index (χ4n) is 0.769. The van der Waals surface area contributed by atoms with Gasteiger partial charge in [0.15, 0.2) is 5.69 Å². The van der Waals surface area contributed by atoms with Gasteiger partial charge in [-0.15, -0.1) is 0 Å². The largest absolute Gasteiger partial charge is 0.476 e. The molecule has 1 aromatic rings. The highest BCUT2D eigenvalue weighted by Crippen LogP contribution is 2.16. The van der Waals surface area contributed by atoms with Crippen molar-refractivity contribution >= 4 is 21.9 Å². The minimum Gasteiger partial charge on any atom is -0.476 e. The summed E-state index contributed by atoms with van der Waals surface area (Å²) >= 11 is 3.04. The number of halogens is 1. The van der Waals surface area contributed by atoms with Crippen LogP contribution in [0.3, 0.4) is 0 Å². The predicted octanol–water partition coefficient (Wildman–Crippen LogP) is 1.72. The van der Waals surface area contributed by atoms with Crippen molar-refractivity contribution in [1.82, 2.24) is 9.97 Å². The van der Waals surface area contributed by atoms with Crippen LogP contribution in [-0.2, 0) is 0 Å². The van der Waals surface area contributed by atoms with Crippen LogP contribution in [0.2, 0.25) is 0 Å². The molecule has 14 heavy (non-hydrogen) atoms. The third kappa shape index (κ3) is 2.66. The average molecular weight is 261 g/mol. The third-order valence-electron chi connectivity index (χ3n) is 1.27. The molecule has 5 nitrogen and oxygen atoms in total. The van der Waals surface area contributed by atoms with Gasteiger partial charge in [0, 0.05) is 6.20 Å².